The molecule has 0 radical (unpaired) electrons. The zero-order chi connectivity index (χ0) is 23.0. The topological polar surface area (TPSA) is 75.7 Å². The molecule has 6 nitrogen and oxygen atoms in total. The van der Waals surface area contributed by atoms with Gasteiger partial charge in [0.15, 0.2) is 0 Å². The van der Waals surface area contributed by atoms with Gasteiger partial charge >= 0.3 is 0 Å². The monoisotopic (exact) mass is 452 g/mol. The van der Waals surface area contributed by atoms with Gasteiger partial charge in [-0.1, -0.05) is 60.2 Å². The van der Waals surface area contributed by atoms with Gasteiger partial charge in [-0.2, -0.15) is 0 Å². The molecule has 0 atom stereocenters. The Labute approximate surface area is 189 Å². The number of para-hydroxylation sites is 2. The van der Waals surface area contributed by atoms with Crippen molar-refractivity contribution in [3.05, 3.63) is 90.0 Å². The minimum Gasteiger partial charge on any atom is -0.495 e. The molecule has 3 aromatic rings. The second-order valence-corrected chi connectivity index (χ2v) is 9.30. The Hall–Kier alpha value is -3.32. The second-order valence-electron chi connectivity index (χ2n) is 7.44. The highest BCUT2D eigenvalue weighted by atomic mass is 32.2. The molecule has 32 heavy (non-hydrogen) atoms. The van der Waals surface area contributed by atoms with Crippen LogP contribution < -0.4 is 14.4 Å². The van der Waals surface area contributed by atoms with Gasteiger partial charge < -0.3 is 10.1 Å². The summed E-state index contributed by atoms with van der Waals surface area (Å²) in [6, 6.07) is 23.1. The molecule has 7 heteroatoms. The fourth-order valence-corrected chi connectivity index (χ4v) is 4.77. The molecule has 1 amide bonds. The van der Waals surface area contributed by atoms with E-state index in [1.54, 1.807) is 42.5 Å². The first kappa shape index (κ1) is 23.3. The quantitative estimate of drug-likeness (QED) is 0.473. The molecule has 3 aromatic carbocycles. The van der Waals surface area contributed by atoms with Gasteiger partial charge in [0.05, 0.1) is 17.7 Å². The number of anilines is 1. The Balaban J connectivity index is 1.72. The highest BCUT2D eigenvalue weighted by molar-refractivity contribution is 7.92. The van der Waals surface area contributed by atoms with Crippen molar-refractivity contribution in [3.63, 3.8) is 0 Å². The van der Waals surface area contributed by atoms with Gasteiger partial charge in [0.2, 0.25) is 5.91 Å². The van der Waals surface area contributed by atoms with Crippen molar-refractivity contribution in [1.82, 2.24) is 5.32 Å². The lowest BCUT2D eigenvalue weighted by molar-refractivity contribution is -0.119. The van der Waals surface area contributed by atoms with Crippen LogP contribution in [0.25, 0.3) is 0 Å². The van der Waals surface area contributed by atoms with Gasteiger partial charge in [-0.25, -0.2) is 8.42 Å². The maximum atomic E-state index is 13.4. The van der Waals surface area contributed by atoms with Crippen molar-refractivity contribution in [2.75, 3.05) is 24.5 Å². The highest BCUT2D eigenvalue weighted by Gasteiger charge is 2.29. The molecule has 0 saturated heterocycles. The minimum absolute atomic E-state index is 0.109. The number of aryl methyl sites for hydroxylation is 2. The number of nitrogens with one attached hydrogen (secondary N) is 1. The van der Waals surface area contributed by atoms with E-state index in [-0.39, 0.29) is 17.3 Å². The lowest BCUT2D eigenvalue weighted by atomic mass is 10.1. The van der Waals surface area contributed by atoms with Crippen LogP contribution in [0.5, 0.6) is 5.75 Å². The van der Waals surface area contributed by atoms with E-state index in [4.69, 9.17) is 4.74 Å². The summed E-state index contributed by atoms with van der Waals surface area (Å²) in [4.78, 5) is 12.8. The number of amides is 1. The minimum atomic E-state index is -3.97. The number of ether oxygens (including phenoxy) is 1. The maximum absolute atomic E-state index is 13.4. The van der Waals surface area contributed by atoms with E-state index in [0.29, 0.717) is 18.0 Å². The number of benzene rings is 3. The second kappa shape index (κ2) is 10.8. The Morgan fingerprint density at radius 2 is 1.59 bits per heavy atom. The number of rotatable bonds is 10. The lowest BCUT2D eigenvalue weighted by Gasteiger charge is -2.25. The highest BCUT2D eigenvalue weighted by Crippen LogP contribution is 2.31. The Kier molecular flexibility index (Phi) is 7.89. The number of hydrogen-bond acceptors (Lipinski definition) is 4. The van der Waals surface area contributed by atoms with E-state index >= 15 is 0 Å². The van der Waals surface area contributed by atoms with Gasteiger partial charge in [-0.3, -0.25) is 9.10 Å². The van der Waals surface area contributed by atoms with Crippen LogP contribution in [0.3, 0.4) is 0 Å². The predicted molar refractivity (Wildman–Crippen MR) is 126 cm³/mol. The van der Waals surface area contributed by atoms with Crippen molar-refractivity contribution in [2.24, 2.45) is 0 Å². The summed E-state index contributed by atoms with van der Waals surface area (Å²) in [5, 5.41) is 2.84. The molecule has 0 saturated carbocycles. The maximum Gasteiger partial charge on any atom is 0.264 e. The van der Waals surface area contributed by atoms with E-state index in [9.17, 15) is 13.2 Å². The zero-order valence-electron chi connectivity index (χ0n) is 18.3. The van der Waals surface area contributed by atoms with Crippen molar-refractivity contribution >= 4 is 21.6 Å². The van der Waals surface area contributed by atoms with E-state index in [1.165, 1.54) is 30.4 Å². The third-order valence-corrected chi connectivity index (χ3v) is 6.83. The molecule has 0 heterocycles. The molecule has 0 unspecified atom stereocenters. The largest absolute Gasteiger partial charge is 0.495 e. The fraction of sp³-hybridized carbons (Fsp3) is 0.240. The first-order chi connectivity index (χ1) is 15.4. The first-order valence-electron chi connectivity index (χ1n) is 10.4. The lowest BCUT2D eigenvalue weighted by Crippen LogP contribution is -2.41. The molecule has 0 aliphatic heterocycles. The molecular formula is C25H28N2O4S. The van der Waals surface area contributed by atoms with Crippen molar-refractivity contribution in [1.29, 1.82) is 0 Å². The summed E-state index contributed by atoms with van der Waals surface area (Å²) in [5.41, 5.74) is 2.72. The average Bonchev–Trinajstić information content (AvgIpc) is 2.82. The van der Waals surface area contributed by atoms with E-state index in [2.05, 4.69) is 29.6 Å². The molecule has 3 rings (SSSR count). The summed E-state index contributed by atoms with van der Waals surface area (Å²) < 4.78 is 33.2. The van der Waals surface area contributed by atoms with Crippen molar-refractivity contribution in [2.45, 2.75) is 24.7 Å². The number of methoxy groups -OCH3 is 1. The van der Waals surface area contributed by atoms with Crippen molar-refractivity contribution in [3.8, 4) is 5.75 Å². The summed E-state index contributed by atoms with van der Waals surface area (Å²) in [6.45, 7) is 2.15. The van der Waals surface area contributed by atoms with Gasteiger partial charge in [-0.15, -0.1) is 0 Å². The number of sulfonamides is 1. The fourth-order valence-electron chi connectivity index (χ4n) is 3.32. The third kappa shape index (κ3) is 5.88. The van der Waals surface area contributed by atoms with E-state index < -0.39 is 10.0 Å². The molecular weight excluding hydrogens is 424 g/mol. The van der Waals surface area contributed by atoms with Crippen LogP contribution in [0, 0.1) is 6.92 Å². The Bertz CT molecular complexity index is 1130. The van der Waals surface area contributed by atoms with Crippen LogP contribution in [0.2, 0.25) is 0 Å². The normalized spacial score (nSPS) is 11.1. The molecule has 0 bridgehead atoms. The Morgan fingerprint density at radius 1 is 0.938 bits per heavy atom. The number of carbonyl (C=O) groups is 1. The van der Waals surface area contributed by atoms with Crippen LogP contribution in [0.1, 0.15) is 17.5 Å². The van der Waals surface area contributed by atoms with Crippen LogP contribution in [-0.4, -0.2) is 34.5 Å². The molecule has 0 aromatic heterocycles. The standard InChI is InChI=1S/C25H28N2O4S/c1-20-14-16-21(17-15-20)9-8-18-26-25(28)19-27(23-12-6-7-13-24(23)31-2)32(29,30)22-10-4-3-5-11-22/h3-7,10-17H,8-9,18-19H2,1-2H3,(H,26,28). The molecule has 0 aliphatic carbocycles. The van der Waals surface area contributed by atoms with Crippen LogP contribution in [-0.2, 0) is 21.2 Å². The third-order valence-electron chi connectivity index (χ3n) is 5.06. The van der Waals surface area contributed by atoms with Gasteiger partial charge in [0, 0.05) is 6.54 Å². The molecule has 0 fully saturated rings. The summed E-state index contributed by atoms with van der Waals surface area (Å²) in [5.74, 6) is -0.00139. The number of carbonyl (C=O) groups excluding carboxylic acids is 1. The zero-order valence-corrected chi connectivity index (χ0v) is 19.1. The van der Waals surface area contributed by atoms with Gasteiger partial charge in [0.25, 0.3) is 10.0 Å². The molecule has 1 N–H and O–H groups in total. The molecule has 168 valence electrons. The average molecular weight is 453 g/mol. The SMILES string of the molecule is COc1ccccc1N(CC(=O)NCCCc1ccc(C)cc1)S(=O)(=O)c1ccccc1. The van der Waals surface area contributed by atoms with Crippen LogP contribution in [0.15, 0.2) is 83.8 Å². The van der Waals surface area contributed by atoms with Gasteiger partial charge in [0.1, 0.15) is 12.3 Å². The van der Waals surface area contributed by atoms with E-state index in [1.807, 2.05) is 6.92 Å². The van der Waals surface area contributed by atoms with Gasteiger partial charge in [-0.05, 0) is 49.6 Å². The van der Waals surface area contributed by atoms with Crippen LogP contribution >= 0.6 is 0 Å². The van der Waals surface area contributed by atoms with E-state index in [0.717, 1.165) is 17.1 Å². The number of nitrogens with zero attached hydrogens (tertiary/aromatic N) is 1. The summed E-state index contributed by atoms with van der Waals surface area (Å²) in [6.07, 6.45) is 1.59. The Morgan fingerprint density at radius 3 is 2.28 bits per heavy atom. The number of hydrogen-bond donors (Lipinski definition) is 1. The summed E-state index contributed by atoms with van der Waals surface area (Å²) in [7, 11) is -2.50. The van der Waals surface area contributed by atoms with Crippen LogP contribution in [0.4, 0.5) is 5.69 Å². The molecule has 0 spiro atoms. The smallest absolute Gasteiger partial charge is 0.264 e. The predicted octanol–water partition coefficient (Wildman–Crippen LogP) is 3.95. The summed E-state index contributed by atoms with van der Waals surface area (Å²) >= 11 is 0. The molecule has 0 aliphatic rings. The van der Waals surface area contributed by atoms with Crippen molar-refractivity contribution < 1.29 is 17.9 Å². The first-order valence-corrected chi connectivity index (χ1v) is 11.9.